The summed E-state index contributed by atoms with van der Waals surface area (Å²) in [7, 11) is 1.63. The fourth-order valence-electron chi connectivity index (χ4n) is 4.04. The Morgan fingerprint density at radius 1 is 1.21 bits per heavy atom. The molecule has 0 aliphatic carbocycles. The molecule has 4 heterocycles. The number of benzene rings is 1. The Balaban J connectivity index is 1.73. The maximum absolute atomic E-state index is 12.5. The van der Waals surface area contributed by atoms with Gasteiger partial charge in [-0.05, 0) is 30.7 Å². The van der Waals surface area contributed by atoms with Crippen LogP contribution in [0.5, 0.6) is 17.2 Å². The zero-order valence-corrected chi connectivity index (χ0v) is 15.8. The van der Waals surface area contributed by atoms with E-state index in [0.29, 0.717) is 43.4 Å². The van der Waals surface area contributed by atoms with Crippen LogP contribution < -0.4 is 19.5 Å². The van der Waals surface area contributed by atoms with Gasteiger partial charge in [0.25, 0.3) is 0 Å². The van der Waals surface area contributed by atoms with E-state index in [9.17, 15) is 4.79 Å². The first-order valence-electron chi connectivity index (χ1n) is 9.36. The van der Waals surface area contributed by atoms with E-state index in [-0.39, 0.29) is 11.8 Å². The lowest BCUT2D eigenvalue weighted by Gasteiger charge is -2.24. The number of hydrogen-bond donors (Lipinski definition) is 1. The van der Waals surface area contributed by atoms with Crippen molar-refractivity contribution in [1.82, 2.24) is 14.7 Å². The van der Waals surface area contributed by atoms with Crippen LogP contribution in [0.4, 0.5) is 0 Å². The van der Waals surface area contributed by atoms with Gasteiger partial charge in [0.15, 0.2) is 11.5 Å². The summed E-state index contributed by atoms with van der Waals surface area (Å²) in [4.78, 5) is 17.2. The molecule has 0 spiro atoms. The van der Waals surface area contributed by atoms with Crippen LogP contribution >= 0.6 is 0 Å². The molecule has 0 radical (unpaired) electrons. The number of hydrogen-bond acceptors (Lipinski definition) is 5. The van der Waals surface area contributed by atoms with E-state index < -0.39 is 0 Å². The number of rotatable bonds is 2. The summed E-state index contributed by atoms with van der Waals surface area (Å²) in [5, 5.41) is 2.96. The molecule has 1 aromatic carbocycles. The van der Waals surface area contributed by atoms with Crippen LogP contribution in [0, 0.1) is 6.92 Å². The van der Waals surface area contributed by atoms with Crippen molar-refractivity contribution >= 4 is 11.6 Å². The van der Waals surface area contributed by atoms with Gasteiger partial charge in [-0.15, -0.1) is 0 Å². The fourth-order valence-corrected chi connectivity index (χ4v) is 4.04. The molecule has 1 N–H and O–H groups in total. The number of ether oxygens (including phenoxy) is 3. The van der Waals surface area contributed by atoms with Crippen molar-refractivity contribution < 1.29 is 19.0 Å². The van der Waals surface area contributed by atoms with Crippen LogP contribution in [0.1, 0.15) is 34.9 Å². The molecule has 0 saturated heterocycles. The topological polar surface area (TPSA) is 74.1 Å². The van der Waals surface area contributed by atoms with Crippen molar-refractivity contribution in [3.8, 4) is 17.2 Å². The number of carbonyl (C=O) groups excluding carboxylic acids is 1. The fraction of sp³-hybridized carbons (Fsp3) is 0.333. The molecule has 2 aliphatic rings. The molecular formula is C21H21N3O4. The minimum Gasteiger partial charge on any atom is -0.496 e. The SMILES string of the molecule is COc1cc2c(cc1[C@H]1CC(=O)NCc3nc4cc(C)ccn4c31)OCCO2. The number of aromatic nitrogens is 2. The largest absolute Gasteiger partial charge is 0.496 e. The van der Waals surface area contributed by atoms with Gasteiger partial charge < -0.3 is 23.9 Å². The standard InChI is InChI=1S/C21H21N3O4/c1-12-3-4-24-19(7-12)23-15-11-22-20(25)9-14(21(15)24)13-8-17-18(10-16(13)26-2)28-6-5-27-17/h3-4,7-8,10,14H,5-6,9,11H2,1-2H3,(H,22,25)/t14-/m1/s1. The molecule has 2 aliphatic heterocycles. The second-order valence-electron chi connectivity index (χ2n) is 7.15. The molecule has 1 atom stereocenters. The summed E-state index contributed by atoms with van der Waals surface area (Å²) in [6.07, 6.45) is 2.33. The Labute approximate surface area is 162 Å². The van der Waals surface area contributed by atoms with Crippen LogP contribution in [0.2, 0.25) is 0 Å². The molecule has 2 aromatic heterocycles. The third-order valence-corrected chi connectivity index (χ3v) is 5.34. The molecule has 28 heavy (non-hydrogen) atoms. The van der Waals surface area contributed by atoms with Gasteiger partial charge in [0.2, 0.25) is 5.91 Å². The Morgan fingerprint density at radius 3 is 2.79 bits per heavy atom. The third-order valence-electron chi connectivity index (χ3n) is 5.34. The third kappa shape index (κ3) is 2.66. The van der Waals surface area contributed by atoms with Crippen LogP contribution in [0.25, 0.3) is 5.65 Å². The first-order chi connectivity index (χ1) is 13.6. The van der Waals surface area contributed by atoms with Crippen LogP contribution in [-0.4, -0.2) is 35.6 Å². The van der Waals surface area contributed by atoms with Gasteiger partial charge in [0, 0.05) is 30.2 Å². The molecular weight excluding hydrogens is 358 g/mol. The van der Waals surface area contributed by atoms with Crippen LogP contribution in [-0.2, 0) is 11.3 Å². The average Bonchev–Trinajstić information content (AvgIpc) is 2.98. The van der Waals surface area contributed by atoms with Crippen molar-refractivity contribution in [1.29, 1.82) is 0 Å². The van der Waals surface area contributed by atoms with Crippen molar-refractivity contribution in [3.63, 3.8) is 0 Å². The lowest BCUT2D eigenvalue weighted by atomic mass is 9.90. The van der Waals surface area contributed by atoms with Crippen LogP contribution in [0.3, 0.4) is 0 Å². The van der Waals surface area contributed by atoms with Crippen molar-refractivity contribution in [2.45, 2.75) is 25.8 Å². The molecule has 144 valence electrons. The number of aryl methyl sites for hydroxylation is 1. The highest BCUT2D eigenvalue weighted by Crippen LogP contribution is 2.44. The number of fused-ring (bicyclic) bond motifs is 4. The molecule has 0 unspecified atom stereocenters. The van der Waals surface area contributed by atoms with E-state index in [2.05, 4.69) is 15.8 Å². The molecule has 1 amide bonds. The second kappa shape index (κ2) is 6.44. The van der Waals surface area contributed by atoms with Crippen molar-refractivity contribution in [2.75, 3.05) is 20.3 Å². The quantitative estimate of drug-likeness (QED) is 0.741. The van der Waals surface area contributed by atoms with Gasteiger partial charge >= 0.3 is 0 Å². The zero-order chi connectivity index (χ0) is 19.3. The molecule has 3 aromatic rings. The summed E-state index contributed by atoms with van der Waals surface area (Å²) < 4.78 is 19.2. The second-order valence-corrected chi connectivity index (χ2v) is 7.15. The normalized spacial score (nSPS) is 18.4. The highest BCUT2D eigenvalue weighted by Gasteiger charge is 2.32. The maximum Gasteiger partial charge on any atom is 0.221 e. The Kier molecular flexibility index (Phi) is 3.89. The number of imidazole rings is 1. The number of methoxy groups -OCH3 is 1. The maximum atomic E-state index is 12.5. The van der Waals surface area contributed by atoms with Crippen LogP contribution in [0.15, 0.2) is 30.5 Å². The molecule has 7 nitrogen and oxygen atoms in total. The van der Waals surface area contributed by atoms with Gasteiger partial charge in [-0.25, -0.2) is 4.98 Å². The summed E-state index contributed by atoms with van der Waals surface area (Å²) in [6, 6.07) is 7.88. The van der Waals surface area contributed by atoms with E-state index in [1.165, 1.54) is 0 Å². The van der Waals surface area contributed by atoms with E-state index >= 15 is 0 Å². The molecule has 0 saturated carbocycles. The van der Waals surface area contributed by atoms with Gasteiger partial charge in [0.1, 0.15) is 24.6 Å². The Bertz CT molecular complexity index is 1090. The highest BCUT2D eigenvalue weighted by atomic mass is 16.6. The lowest BCUT2D eigenvalue weighted by molar-refractivity contribution is -0.121. The smallest absolute Gasteiger partial charge is 0.221 e. The number of nitrogens with one attached hydrogen (secondary N) is 1. The summed E-state index contributed by atoms with van der Waals surface area (Å²) in [6.45, 7) is 3.48. The highest BCUT2D eigenvalue weighted by molar-refractivity contribution is 5.79. The lowest BCUT2D eigenvalue weighted by Crippen LogP contribution is -2.22. The number of carbonyl (C=O) groups is 1. The van der Waals surface area contributed by atoms with Crippen molar-refractivity contribution in [3.05, 3.63) is 53.0 Å². The number of nitrogens with zero attached hydrogens (tertiary/aromatic N) is 2. The van der Waals surface area contributed by atoms with Gasteiger partial charge in [-0.2, -0.15) is 0 Å². The molecule has 0 bridgehead atoms. The zero-order valence-electron chi connectivity index (χ0n) is 15.8. The summed E-state index contributed by atoms with van der Waals surface area (Å²) in [5.41, 5.74) is 4.79. The van der Waals surface area contributed by atoms with Gasteiger partial charge in [-0.3, -0.25) is 4.79 Å². The molecule has 7 heteroatoms. The average molecular weight is 379 g/mol. The van der Waals surface area contributed by atoms with E-state index in [0.717, 1.165) is 28.2 Å². The van der Waals surface area contributed by atoms with Gasteiger partial charge in [0.05, 0.1) is 25.0 Å². The first-order valence-corrected chi connectivity index (χ1v) is 9.36. The minimum atomic E-state index is -0.207. The minimum absolute atomic E-state index is 0.0131. The predicted octanol–water partition coefficient (Wildman–Crippen LogP) is 2.57. The monoisotopic (exact) mass is 379 g/mol. The molecule has 5 rings (SSSR count). The Morgan fingerprint density at radius 2 is 2.00 bits per heavy atom. The Hall–Kier alpha value is -3.22. The van der Waals surface area contributed by atoms with Gasteiger partial charge in [-0.1, -0.05) is 0 Å². The number of amides is 1. The van der Waals surface area contributed by atoms with Crippen molar-refractivity contribution in [2.24, 2.45) is 0 Å². The summed E-state index contributed by atoms with van der Waals surface area (Å²) >= 11 is 0. The van der Waals surface area contributed by atoms with E-state index in [1.807, 2.05) is 31.3 Å². The van der Waals surface area contributed by atoms with E-state index in [4.69, 9.17) is 19.2 Å². The first kappa shape index (κ1) is 16.9. The molecule has 0 fully saturated rings. The van der Waals surface area contributed by atoms with E-state index in [1.54, 1.807) is 7.11 Å². The predicted molar refractivity (Wildman–Crippen MR) is 102 cm³/mol. The number of pyridine rings is 1. The summed E-state index contributed by atoms with van der Waals surface area (Å²) in [5.74, 6) is 1.80.